The molecule has 0 N–H and O–H groups in total. The minimum Gasteiger partial charge on any atom is -0.486 e. The van der Waals surface area contributed by atoms with Gasteiger partial charge in [-0.3, -0.25) is 4.98 Å². The van der Waals surface area contributed by atoms with Crippen molar-refractivity contribution in [1.29, 1.82) is 0 Å². The predicted molar refractivity (Wildman–Crippen MR) is 99.4 cm³/mol. The second-order valence-corrected chi connectivity index (χ2v) is 6.48. The molecule has 0 radical (unpaired) electrons. The Labute approximate surface area is 153 Å². The molecular formula is C21H21N3O2. The summed E-state index contributed by atoms with van der Waals surface area (Å²) in [6.07, 6.45) is 3.37. The Morgan fingerprint density at radius 1 is 1.00 bits per heavy atom. The SMILES string of the molecule is Cc1ccc(-c2ccnc(CCC3COc4ccccc4O3)n2)c(C)n1. The first-order valence-corrected chi connectivity index (χ1v) is 8.84. The highest BCUT2D eigenvalue weighted by Gasteiger charge is 2.20. The molecule has 132 valence electrons. The van der Waals surface area contributed by atoms with Crippen LogP contribution in [0.2, 0.25) is 0 Å². The molecule has 4 rings (SSSR count). The average molecular weight is 347 g/mol. The van der Waals surface area contributed by atoms with Crippen molar-refractivity contribution >= 4 is 0 Å². The zero-order valence-electron chi connectivity index (χ0n) is 15.0. The highest BCUT2D eigenvalue weighted by atomic mass is 16.6. The summed E-state index contributed by atoms with van der Waals surface area (Å²) in [6.45, 7) is 4.55. The van der Waals surface area contributed by atoms with Crippen molar-refractivity contribution in [2.45, 2.75) is 32.8 Å². The molecule has 5 heteroatoms. The Hall–Kier alpha value is -2.95. The number of fused-ring (bicyclic) bond motifs is 1. The van der Waals surface area contributed by atoms with Crippen molar-refractivity contribution in [1.82, 2.24) is 15.0 Å². The lowest BCUT2D eigenvalue weighted by Crippen LogP contribution is -2.29. The van der Waals surface area contributed by atoms with Gasteiger partial charge in [0.15, 0.2) is 11.5 Å². The summed E-state index contributed by atoms with van der Waals surface area (Å²) in [6, 6.07) is 13.8. The Kier molecular flexibility index (Phi) is 4.52. The number of para-hydroxylation sites is 2. The molecule has 5 nitrogen and oxygen atoms in total. The van der Waals surface area contributed by atoms with Gasteiger partial charge in [0.05, 0.1) is 5.69 Å². The molecule has 0 saturated heterocycles. The molecule has 0 fully saturated rings. The number of hydrogen-bond donors (Lipinski definition) is 0. The molecule has 3 aromatic rings. The molecule has 0 spiro atoms. The van der Waals surface area contributed by atoms with Gasteiger partial charge < -0.3 is 9.47 Å². The average Bonchev–Trinajstić information content (AvgIpc) is 2.66. The first-order chi connectivity index (χ1) is 12.7. The molecule has 1 aliphatic rings. The second-order valence-electron chi connectivity index (χ2n) is 6.48. The lowest BCUT2D eigenvalue weighted by molar-refractivity contribution is 0.0847. The maximum absolute atomic E-state index is 6.01. The third-order valence-electron chi connectivity index (χ3n) is 4.46. The van der Waals surface area contributed by atoms with Crippen LogP contribution in [0, 0.1) is 13.8 Å². The highest BCUT2D eigenvalue weighted by molar-refractivity contribution is 5.61. The first kappa shape index (κ1) is 16.5. The van der Waals surface area contributed by atoms with E-state index in [1.165, 1.54) is 0 Å². The van der Waals surface area contributed by atoms with Crippen molar-refractivity contribution in [2.75, 3.05) is 6.61 Å². The third-order valence-corrected chi connectivity index (χ3v) is 4.46. The van der Waals surface area contributed by atoms with Gasteiger partial charge in [-0.1, -0.05) is 12.1 Å². The van der Waals surface area contributed by atoms with Crippen LogP contribution in [0.15, 0.2) is 48.7 Å². The summed E-state index contributed by atoms with van der Waals surface area (Å²) in [5.41, 5.74) is 3.95. The van der Waals surface area contributed by atoms with Gasteiger partial charge in [0.1, 0.15) is 18.5 Å². The largest absolute Gasteiger partial charge is 0.486 e. The van der Waals surface area contributed by atoms with Crippen molar-refractivity contribution in [2.24, 2.45) is 0 Å². The van der Waals surface area contributed by atoms with E-state index in [2.05, 4.69) is 16.0 Å². The fourth-order valence-corrected chi connectivity index (χ4v) is 3.12. The monoisotopic (exact) mass is 347 g/mol. The number of pyridine rings is 1. The number of aryl methyl sites for hydroxylation is 3. The lowest BCUT2D eigenvalue weighted by Gasteiger charge is -2.26. The van der Waals surface area contributed by atoms with E-state index < -0.39 is 0 Å². The molecule has 2 aromatic heterocycles. The van der Waals surface area contributed by atoms with E-state index in [-0.39, 0.29) is 6.10 Å². The van der Waals surface area contributed by atoms with Gasteiger partial charge in [-0.05, 0) is 50.6 Å². The standard InChI is InChI=1S/C21H21N3O2/c1-14-7-9-17(15(2)23-14)18-11-12-22-21(24-18)10-8-16-13-25-19-5-3-4-6-20(19)26-16/h3-7,9,11-12,16H,8,10,13H2,1-2H3. The molecular weight excluding hydrogens is 326 g/mol. The smallest absolute Gasteiger partial charge is 0.161 e. The summed E-state index contributed by atoms with van der Waals surface area (Å²) >= 11 is 0. The molecule has 0 amide bonds. The lowest BCUT2D eigenvalue weighted by atomic mass is 10.1. The van der Waals surface area contributed by atoms with Gasteiger partial charge in [-0.15, -0.1) is 0 Å². The van der Waals surface area contributed by atoms with Crippen LogP contribution >= 0.6 is 0 Å². The van der Waals surface area contributed by atoms with Crippen LogP contribution in [0.25, 0.3) is 11.3 Å². The predicted octanol–water partition coefficient (Wildman–Crippen LogP) is 3.93. The fourth-order valence-electron chi connectivity index (χ4n) is 3.12. The Morgan fingerprint density at radius 2 is 1.85 bits per heavy atom. The van der Waals surface area contributed by atoms with Gasteiger partial charge in [0, 0.05) is 29.6 Å². The molecule has 0 bridgehead atoms. The Bertz CT molecular complexity index is 927. The summed E-state index contributed by atoms with van der Waals surface area (Å²) in [7, 11) is 0. The summed E-state index contributed by atoms with van der Waals surface area (Å²) in [4.78, 5) is 13.7. The van der Waals surface area contributed by atoms with Crippen LogP contribution in [-0.4, -0.2) is 27.7 Å². The molecule has 1 unspecified atom stereocenters. The van der Waals surface area contributed by atoms with Crippen molar-refractivity contribution in [3.63, 3.8) is 0 Å². The summed E-state index contributed by atoms with van der Waals surface area (Å²) in [5, 5.41) is 0. The zero-order valence-corrected chi connectivity index (χ0v) is 15.0. The highest BCUT2D eigenvalue weighted by Crippen LogP contribution is 2.31. The maximum atomic E-state index is 6.01. The third kappa shape index (κ3) is 3.52. The van der Waals surface area contributed by atoms with Crippen molar-refractivity contribution < 1.29 is 9.47 Å². The summed E-state index contributed by atoms with van der Waals surface area (Å²) in [5.74, 6) is 2.43. The van der Waals surface area contributed by atoms with Crippen LogP contribution in [0.4, 0.5) is 0 Å². The van der Waals surface area contributed by atoms with Gasteiger partial charge >= 0.3 is 0 Å². The topological polar surface area (TPSA) is 57.1 Å². The van der Waals surface area contributed by atoms with Crippen LogP contribution in [0.5, 0.6) is 11.5 Å². The molecule has 1 atom stereocenters. The molecule has 1 aliphatic heterocycles. The van der Waals surface area contributed by atoms with E-state index in [1.807, 2.05) is 56.4 Å². The van der Waals surface area contributed by atoms with E-state index >= 15 is 0 Å². The van der Waals surface area contributed by atoms with E-state index in [9.17, 15) is 0 Å². The zero-order chi connectivity index (χ0) is 17.9. The summed E-state index contributed by atoms with van der Waals surface area (Å²) < 4.78 is 11.8. The van der Waals surface area contributed by atoms with Gasteiger partial charge in [0.2, 0.25) is 0 Å². The number of nitrogens with zero attached hydrogens (tertiary/aromatic N) is 3. The molecule has 0 aliphatic carbocycles. The fraction of sp³-hybridized carbons (Fsp3) is 0.286. The van der Waals surface area contributed by atoms with E-state index in [0.717, 1.165) is 52.8 Å². The Morgan fingerprint density at radius 3 is 2.69 bits per heavy atom. The molecule has 0 saturated carbocycles. The van der Waals surface area contributed by atoms with Crippen LogP contribution in [-0.2, 0) is 6.42 Å². The van der Waals surface area contributed by atoms with E-state index in [4.69, 9.17) is 14.5 Å². The maximum Gasteiger partial charge on any atom is 0.161 e. The van der Waals surface area contributed by atoms with E-state index in [1.54, 1.807) is 0 Å². The van der Waals surface area contributed by atoms with Gasteiger partial charge in [-0.25, -0.2) is 9.97 Å². The van der Waals surface area contributed by atoms with Crippen LogP contribution < -0.4 is 9.47 Å². The minimum atomic E-state index is 0.0138. The second kappa shape index (κ2) is 7.12. The molecule has 1 aromatic carbocycles. The number of ether oxygens (including phenoxy) is 2. The number of hydrogen-bond acceptors (Lipinski definition) is 5. The molecule has 26 heavy (non-hydrogen) atoms. The van der Waals surface area contributed by atoms with E-state index in [0.29, 0.717) is 6.61 Å². The number of rotatable bonds is 4. The Balaban J connectivity index is 1.45. The molecule has 3 heterocycles. The van der Waals surface area contributed by atoms with Crippen LogP contribution in [0.1, 0.15) is 23.6 Å². The van der Waals surface area contributed by atoms with Crippen LogP contribution in [0.3, 0.4) is 0 Å². The number of aromatic nitrogens is 3. The first-order valence-electron chi connectivity index (χ1n) is 8.84. The number of benzene rings is 1. The minimum absolute atomic E-state index is 0.0138. The van der Waals surface area contributed by atoms with Crippen molar-refractivity contribution in [3.8, 4) is 22.8 Å². The van der Waals surface area contributed by atoms with Gasteiger partial charge in [-0.2, -0.15) is 0 Å². The quantitative estimate of drug-likeness (QED) is 0.716. The van der Waals surface area contributed by atoms with Crippen molar-refractivity contribution in [3.05, 3.63) is 65.9 Å². The van der Waals surface area contributed by atoms with Gasteiger partial charge in [0.25, 0.3) is 0 Å². The normalized spacial score (nSPS) is 15.7.